The monoisotopic (exact) mass is 415 g/mol. The molecule has 3 fully saturated rings. The van der Waals surface area contributed by atoms with Crippen LogP contribution in [-0.4, -0.2) is 60.0 Å². The quantitative estimate of drug-likeness (QED) is 0.761. The molecule has 0 spiro atoms. The molecule has 6 nitrogen and oxygen atoms in total. The maximum Gasteiger partial charge on any atom is 0.417 e. The number of likely N-dealkylation sites (tertiary alicyclic amines) is 1. The van der Waals surface area contributed by atoms with Gasteiger partial charge < -0.3 is 15.1 Å². The number of rotatable bonds is 4. The third kappa shape index (κ3) is 3.85. The largest absolute Gasteiger partial charge is 0.417 e. The number of nitrogens with zero attached hydrogens (tertiary/aromatic N) is 4. The van der Waals surface area contributed by atoms with Gasteiger partial charge in [0, 0.05) is 31.7 Å². The van der Waals surface area contributed by atoms with E-state index in [1.54, 1.807) is 6.07 Å². The van der Waals surface area contributed by atoms with Crippen molar-refractivity contribution in [3.05, 3.63) is 23.9 Å². The first kappa shape index (κ1) is 19.8. The molecule has 29 heavy (non-hydrogen) atoms. The van der Waals surface area contributed by atoms with Crippen molar-refractivity contribution in [1.29, 1.82) is 5.26 Å². The van der Waals surface area contributed by atoms with Gasteiger partial charge in [0.1, 0.15) is 11.9 Å². The van der Waals surface area contributed by atoms with Crippen molar-refractivity contribution in [2.75, 3.05) is 31.1 Å². The molecule has 3 aliphatic rings. The Labute approximate surface area is 163 Å². The SMILES string of the molecule is N#C[C@@H]1CC(F)(F)CN1C(=O)CNC1C2CN(c3ccc(C(F)(F)F)cn3)CC21. The van der Waals surface area contributed by atoms with E-state index in [1.165, 1.54) is 6.07 Å². The topological polar surface area (TPSA) is 72.3 Å². The van der Waals surface area contributed by atoms with E-state index < -0.39 is 42.6 Å². The first-order valence-electron chi connectivity index (χ1n) is 9.17. The Morgan fingerprint density at radius 3 is 2.55 bits per heavy atom. The molecule has 156 valence electrons. The van der Waals surface area contributed by atoms with Gasteiger partial charge in [-0.1, -0.05) is 0 Å². The Balaban J connectivity index is 1.26. The Bertz CT molecular complexity index is 825. The molecule has 2 aliphatic heterocycles. The lowest BCUT2D eigenvalue weighted by atomic mass is 10.2. The van der Waals surface area contributed by atoms with Crippen molar-refractivity contribution < 1.29 is 26.7 Å². The molecule has 2 saturated heterocycles. The zero-order valence-electron chi connectivity index (χ0n) is 15.2. The third-order valence-corrected chi connectivity index (χ3v) is 5.82. The summed E-state index contributed by atoms with van der Waals surface area (Å²) in [5, 5.41) is 12.0. The Morgan fingerprint density at radius 2 is 2.00 bits per heavy atom. The molecule has 0 radical (unpaired) electrons. The second-order valence-electron chi connectivity index (χ2n) is 7.77. The lowest BCUT2D eigenvalue weighted by molar-refractivity contribution is -0.137. The maximum atomic E-state index is 13.4. The van der Waals surface area contributed by atoms with Crippen LogP contribution in [0.1, 0.15) is 12.0 Å². The molecule has 0 bridgehead atoms. The second kappa shape index (κ2) is 6.79. The standard InChI is InChI=1S/C18H18F5N5O/c19-17(20)3-11(4-24)28(9-17)15(29)6-26-16-12-7-27(8-13(12)16)14-2-1-10(5-25-14)18(21,22)23/h1-2,5,11-13,16,26H,3,6-9H2/t11-,12?,13?,16?/m0/s1. The minimum atomic E-state index is -4.43. The van der Waals surface area contributed by atoms with Crippen molar-refractivity contribution in [2.45, 2.75) is 30.6 Å². The summed E-state index contributed by atoms with van der Waals surface area (Å²) in [7, 11) is 0. The summed E-state index contributed by atoms with van der Waals surface area (Å²) in [6.45, 7) is 0.329. The molecule has 3 atom stereocenters. The van der Waals surface area contributed by atoms with Crippen molar-refractivity contribution in [1.82, 2.24) is 15.2 Å². The first-order chi connectivity index (χ1) is 13.6. The van der Waals surface area contributed by atoms with Crippen LogP contribution in [-0.2, 0) is 11.0 Å². The molecule has 4 rings (SSSR count). The highest BCUT2D eigenvalue weighted by Crippen LogP contribution is 2.46. The molecule has 2 unspecified atom stereocenters. The third-order valence-electron chi connectivity index (χ3n) is 5.82. The van der Waals surface area contributed by atoms with Crippen LogP contribution in [0.15, 0.2) is 18.3 Å². The number of alkyl halides is 5. The number of hydrogen-bond acceptors (Lipinski definition) is 5. The fraction of sp³-hybridized carbons (Fsp3) is 0.611. The average Bonchev–Trinajstić information content (AvgIpc) is 2.99. The van der Waals surface area contributed by atoms with E-state index in [0.29, 0.717) is 18.9 Å². The van der Waals surface area contributed by atoms with E-state index in [0.717, 1.165) is 17.2 Å². The zero-order chi connectivity index (χ0) is 21.0. The second-order valence-corrected chi connectivity index (χ2v) is 7.77. The van der Waals surface area contributed by atoms with Gasteiger partial charge >= 0.3 is 6.18 Å². The molecule has 0 aromatic carbocycles. The smallest absolute Gasteiger partial charge is 0.356 e. The number of carbonyl (C=O) groups is 1. The van der Waals surface area contributed by atoms with Gasteiger partial charge in [-0.05, 0) is 24.0 Å². The molecule has 1 aliphatic carbocycles. The molecule has 1 aromatic rings. The van der Waals surface area contributed by atoms with Crippen molar-refractivity contribution in [2.24, 2.45) is 11.8 Å². The normalized spacial score (nSPS) is 30.2. The summed E-state index contributed by atoms with van der Waals surface area (Å²) in [5.41, 5.74) is -0.799. The molecule has 3 heterocycles. The molecule has 1 amide bonds. The summed E-state index contributed by atoms with van der Waals surface area (Å²) in [6.07, 6.45) is -4.26. The van der Waals surface area contributed by atoms with E-state index in [-0.39, 0.29) is 24.4 Å². The molecular weight excluding hydrogens is 397 g/mol. The predicted molar refractivity (Wildman–Crippen MR) is 90.9 cm³/mol. The number of aromatic nitrogens is 1. The van der Waals surface area contributed by atoms with Gasteiger partial charge in [-0.3, -0.25) is 4.79 Å². The van der Waals surface area contributed by atoms with E-state index in [4.69, 9.17) is 5.26 Å². The van der Waals surface area contributed by atoms with Crippen molar-refractivity contribution in [3.63, 3.8) is 0 Å². The molecular formula is C18H18F5N5O. The molecule has 11 heteroatoms. The number of amides is 1. The van der Waals surface area contributed by atoms with E-state index >= 15 is 0 Å². The number of hydrogen-bond donors (Lipinski definition) is 1. The number of fused-ring (bicyclic) bond motifs is 1. The first-order valence-corrected chi connectivity index (χ1v) is 9.17. The van der Waals surface area contributed by atoms with Gasteiger partial charge in [-0.2, -0.15) is 18.4 Å². The fourth-order valence-corrected chi connectivity index (χ4v) is 4.26. The summed E-state index contributed by atoms with van der Waals surface area (Å²) in [5.74, 6) is -2.66. The van der Waals surface area contributed by atoms with Gasteiger partial charge in [-0.25, -0.2) is 13.8 Å². The Morgan fingerprint density at radius 1 is 1.31 bits per heavy atom. The Kier molecular flexibility index (Phi) is 4.64. The van der Waals surface area contributed by atoms with Gasteiger partial charge in [0.05, 0.1) is 24.7 Å². The van der Waals surface area contributed by atoms with Crippen LogP contribution >= 0.6 is 0 Å². The van der Waals surface area contributed by atoms with Crippen LogP contribution in [0.2, 0.25) is 0 Å². The number of halogens is 5. The van der Waals surface area contributed by atoms with E-state index in [2.05, 4.69) is 10.3 Å². The van der Waals surface area contributed by atoms with Crippen LogP contribution in [0.5, 0.6) is 0 Å². The average molecular weight is 415 g/mol. The number of nitriles is 1. The highest BCUT2D eigenvalue weighted by Gasteiger charge is 2.56. The lowest BCUT2D eigenvalue weighted by Crippen LogP contribution is -2.43. The molecule has 1 aromatic heterocycles. The summed E-state index contributed by atoms with van der Waals surface area (Å²) in [4.78, 5) is 18.9. The minimum absolute atomic E-state index is 0.0493. The van der Waals surface area contributed by atoms with Gasteiger partial charge in [0.25, 0.3) is 5.92 Å². The number of anilines is 1. The minimum Gasteiger partial charge on any atom is -0.356 e. The maximum absolute atomic E-state index is 13.4. The Hall–Kier alpha value is -2.48. The summed E-state index contributed by atoms with van der Waals surface area (Å²) < 4.78 is 64.7. The number of nitrogens with one attached hydrogen (secondary N) is 1. The molecule has 1 N–H and O–H groups in total. The highest BCUT2D eigenvalue weighted by molar-refractivity contribution is 5.79. The van der Waals surface area contributed by atoms with Crippen LogP contribution in [0.25, 0.3) is 0 Å². The van der Waals surface area contributed by atoms with Crippen LogP contribution in [0.4, 0.5) is 27.8 Å². The van der Waals surface area contributed by atoms with Crippen LogP contribution in [0.3, 0.4) is 0 Å². The number of piperidine rings is 1. The zero-order valence-corrected chi connectivity index (χ0v) is 15.2. The van der Waals surface area contributed by atoms with Crippen LogP contribution < -0.4 is 10.2 Å². The highest BCUT2D eigenvalue weighted by atomic mass is 19.4. The predicted octanol–water partition coefficient (Wildman–Crippen LogP) is 1.88. The van der Waals surface area contributed by atoms with Crippen molar-refractivity contribution in [3.8, 4) is 6.07 Å². The van der Waals surface area contributed by atoms with E-state index in [9.17, 15) is 26.7 Å². The van der Waals surface area contributed by atoms with Gasteiger partial charge in [-0.15, -0.1) is 0 Å². The van der Waals surface area contributed by atoms with Crippen LogP contribution in [0, 0.1) is 23.2 Å². The van der Waals surface area contributed by atoms with Gasteiger partial charge in [0.2, 0.25) is 5.91 Å². The number of carbonyl (C=O) groups excluding carboxylic acids is 1. The van der Waals surface area contributed by atoms with Crippen molar-refractivity contribution >= 4 is 11.7 Å². The molecule has 1 saturated carbocycles. The fourth-order valence-electron chi connectivity index (χ4n) is 4.26. The lowest BCUT2D eigenvalue weighted by Gasteiger charge is -2.22. The summed E-state index contributed by atoms with van der Waals surface area (Å²) >= 11 is 0. The van der Waals surface area contributed by atoms with Gasteiger partial charge in [0.15, 0.2) is 0 Å². The van der Waals surface area contributed by atoms with E-state index in [1.807, 2.05) is 4.90 Å². The summed E-state index contributed by atoms with van der Waals surface area (Å²) in [6, 6.07) is 3.02. The number of pyridine rings is 1.